The van der Waals surface area contributed by atoms with Crippen molar-refractivity contribution in [2.45, 2.75) is 31.4 Å². The predicted molar refractivity (Wildman–Crippen MR) is 110 cm³/mol. The molecule has 29 heavy (non-hydrogen) atoms. The van der Waals surface area contributed by atoms with Gasteiger partial charge in [-0.05, 0) is 42.7 Å². The van der Waals surface area contributed by atoms with Crippen molar-refractivity contribution in [2.24, 2.45) is 0 Å². The summed E-state index contributed by atoms with van der Waals surface area (Å²) in [4.78, 5) is 26.8. The van der Waals surface area contributed by atoms with Crippen LogP contribution in [0, 0.1) is 0 Å². The molecule has 0 radical (unpaired) electrons. The van der Waals surface area contributed by atoms with Gasteiger partial charge in [0.25, 0.3) is 5.56 Å². The van der Waals surface area contributed by atoms with Gasteiger partial charge in [0.1, 0.15) is 5.52 Å². The van der Waals surface area contributed by atoms with Gasteiger partial charge in [0.05, 0.1) is 17.5 Å². The van der Waals surface area contributed by atoms with Crippen LogP contribution in [0.25, 0.3) is 10.9 Å². The molecule has 1 saturated heterocycles. The zero-order valence-electron chi connectivity index (χ0n) is 15.8. The molecule has 1 aromatic heterocycles. The normalized spacial score (nSPS) is 16.1. The van der Waals surface area contributed by atoms with Crippen LogP contribution < -0.4 is 5.56 Å². The second kappa shape index (κ2) is 7.93. The Kier molecular flexibility index (Phi) is 5.34. The molecule has 0 spiro atoms. The number of hydrogen-bond donors (Lipinski definition) is 1. The molecular formula is C21H21ClN4O3. The Labute approximate surface area is 172 Å². The number of aliphatic hydroxyl groups is 1. The van der Waals surface area contributed by atoms with E-state index < -0.39 is 5.60 Å². The number of rotatable bonds is 4. The molecule has 7 nitrogen and oxygen atoms in total. The molecule has 1 aliphatic rings. The number of aromatic nitrogens is 3. The number of fused-ring (bicyclic) bond motifs is 1. The predicted octanol–water partition coefficient (Wildman–Crippen LogP) is 2.35. The molecule has 0 aliphatic carbocycles. The lowest BCUT2D eigenvalue weighted by Gasteiger charge is -2.38. The van der Waals surface area contributed by atoms with Crippen molar-refractivity contribution < 1.29 is 9.90 Å². The lowest BCUT2D eigenvalue weighted by Crippen LogP contribution is -2.45. The van der Waals surface area contributed by atoms with Gasteiger partial charge in [0, 0.05) is 24.5 Å². The van der Waals surface area contributed by atoms with Gasteiger partial charge in [0.2, 0.25) is 5.91 Å². The van der Waals surface area contributed by atoms with Gasteiger partial charge in [-0.2, -0.15) is 0 Å². The third kappa shape index (κ3) is 4.02. The zero-order chi connectivity index (χ0) is 20.4. The van der Waals surface area contributed by atoms with E-state index in [1.807, 2.05) is 12.1 Å². The second-order valence-electron chi connectivity index (χ2n) is 7.30. The van der Waals surface area contributed by atoms with E-state index in [1.54, 1.807) is 41.3 Å². The van der Waals surface area contributed by atoms with Gasteiger partial charge in [0.15, 0.2) is 0 Å². The maximum absolute atomic E-state index is 12.6. The van der Waals surface area contributed by atoms with Crippen LogP contribution in [-0.4, -0.2) is 44.0 Å². The first-order chi connectivity index (χ1) is 14.0. The van der Waals surface area contributed by atoms with Crippen LogP contribution in [-0.2, 0) is 16.9 Å². The summed E-state index contributed by atoms with van der Waals surface area (Å²) in [6.45, 7) is 1.08. The molecule has 3 aromatic rings. The maximum atomic E-state index is 12.6. The monoisotopic (exact) mass is 412 g/mol. The topological polar surface area (TPSA) is 88.3 Å². The smallest absolute Gasteiger partial charge is 0.277 e. The van der Waals surface area contributed by atoms with E-state index in [-0.39, 0.29) is 24.4 Å². The number of amides is 1. The summed E-state index contributed by atoms with van der Waals surface area (Å²) in [5.41, 5.74) is 0.144. The molecule has 0 atom stereocenters. The summed E-state index contributed by atoms with van der Waals surface area (Å²) in [6.07, 6.45) is 1.07. The molecule has 2 heterocycles. The van der Waals surface area contributed by atoms with Crippen molar-refractivity contribution >= 4 is 28.4 Å². The molecular weight excluding hydrogens is 392 g/mol. The van der Waals surface area contributed by atoms with Crippen molar-refractivity contribution in [3.8, 4) is 0 Å². The number of piperidine rings is 1. The first-order valence-corrected chi connectivity index (χ1v) is 9.93. The van der Waals surface area contributed by atoms with Gasteiger partial charge < -0.3 is 10.0 Å². The van der Waals surface area contributed by atoms with E-state index in [0.717, 1.165) is 5.56 Å². The van der Waals surface area contributed by atoms with Crippen molar-refractivity contribution in [3.63, 3.8) is 0 Å². The SMILES string of the molecule is O=C(CCn1nnc2ccccc2c1=O)N1CCC(O)(c2ccc(Cl)cc2)CC1. The molecule has 1 N–H and O–H groups in total. The molecule has 0 unspecified atom stereocenters. The lowest BCUT2D eigenvalue weighted by atomic mass is 9.84. The molecule has 1 aliphatic heterocycles. The number of aryl methyl sites for hydroxylation is 1. The third-order valence-electron chi connectivity index (χ3n) is 5.49. The minimum Gasteiger partial charge on any atom is -0.385 e. The number of nitrogens with zero attached hydrogens (tertiary/aromatic N) is 4. The van der Waals surface area contributed by atoms with Crippen molar-refractivity contribution in [2.75, 3.05) is 13.1 Å². The van der Waals surface area contributed by atoms with Crippen LogP contribution in [0.2, 0.25) is 5.02 Å². The highest BCUT2D eigenvalue weighted by molar-refractivity contribution is 6.30. The Morgan fingerprint density at radius 3 is 2.52 bits per heavy atom. The van der Waals surface area contributed by atoms with E-state index >= 15 is 0 Å². The number of halogens is 1. The van der Waals surface area contributed by atoms with Crippen molar-refractivity contribution in [1.82, 2.24) is 19.9 Å². The number of carbonyl (C=O) groups excluding carboxylic acids is 1. The Balaban J connectivity index is 1.37. The third-order valence-corrected chi connectivity index (χ3v) is 5.74. The van der Waals surface area contributed by atoms with E-state index in [1.165, 1.54) is 4.68 Å². The quantitative estimate of drug-likeness (QED) is 0.710. The van der Waals surface area contributed by atoms with E-state index in [0.29, 0.717) is 41.9 Å². The van der Waals surface area contributed by atoms with Gasteiger partial charge in [-0.15, -0.1) is 5.10 Å². The fourth-order valence-corrected chi connectivity index (χ4v) is 3.83. The van der Waals surface area contributed by atoms with Crippen molar-refractivity contribution in [1.29, 1.82) is 0 Å². The molecule has 2 aromatic carbocycles. The summed E-state index contributed by atoms with van der Waals surface area (Å²) in [5, 5.41) is 20.0. The summed E-state index contributed by atoms with van der Waals surface area (Å²) >= 11 is 5.92. The van der Waals surface area contributed by atoms with Crippen LogP contribution >= 0.6 is 11.6 Å². The van der Waals surface area contributed by atoms with Crippen LogP contribution in [0.4, 0.5) is 0 Å². The fraction of sp³-hybridized carbons (Fsp3) is 0.333. The first kappa shape index (κ1) is 19.5. The van der Waals surface area contributed by atoms with E-state index in [2.05, 4.69) is 10.3 Å². The highest BCUT2D eigenvalue weighted by Crippen LogP contribution is 2.33. The summed E-state index contributed by atoms with van der Waals surface area (Å²) in [6, 6.07) is 14.2. The Morgan fingerprint density at radius 2 is 1.79 bits per heavy atom. The number of likely N-dealkylation sites (tertiary alicyclic amines) is 1. The minimum atomic E-state index is -0.956. The van der Waals surface area contributed by atoms with Gasteiger partial charge in [-0.1, -0.05) is 41.1 Å². The second-order valence-corrected chi connectivity index (χ2v) is 7.74. The number of benzene rings is 2. The maximum Gasteiger partial charge on any atom is 0.277 e. The van der Waals surface area contributed by atoms with Gasteiger partial charge >= 0.3 is 0 Å². The van der Waals surface area contributed by atoms with Gasteiger partial charge in [-0.3, -0.25) is 9.59 Å². The average molecular weight is 413 g/mol. The first-order valence-electron chi connectivity index (χ1n) is 9.55. The summed E-state index contributed by atoms with van der Waals surface area (Å²) in [5.74, 6) is -0.0648. The number of carbonyl (C=O) groups is 1. The molecule has 1 fully saturated rings. The molecule has 1 amide bonds. The van der Waals surface area contributed by atoms with Crippen LogP contribution in [0.3, 0.4) is 0 Å². The largest absolute Gasteiger partial charge is 0.385 e. The molecule has 4 rings (SSSR count). The van der Waals surface area contributed by atoms with Crippen LogP contribution in [0.5, 0.6) is 0 Å². The highest BCUT2D eigenvalue weighted by atomic mass is 35.5. The number of hydrogen-bond acceptors (Lipinski definition) is 5. The van der Waals surface area contributed by atoms with Crippen molar-refractivity contribution in [3.05, 3.63) is 69.5 Å². The average Bonchev–Trinajstić information content (AvgIpc) is 2.74. The Bertz CT molecular complexity index is 1090. The molecule has 150 valence electrons. The van der Waals surface area contributed by atoms with E-state index in [4.69, 9.17) is 11.6 Å². The van der Waals surface area contributed by atoms with Crippen LogP contribution in [0.1, 0.15) is 24.8 Å². The lowest BCUT2D eigenvalue weighted by molar-refractivity contribution is -0.136. The summed E-state index contributed by atoms with van der Waals surface area (Å²) in [7, 11) is 0. The minimum absolute atomic E-state index is 0.0648. The van der Waals surface area contributed by atoms with E-state index in [9.17, 15) is 14.7 Å². The Hall–Kier alpha value is -2.77. The standard InChI is InChI=1S/C21H21ClN4O3/c22-16-7-5-15(6-8-16)21(29)10-13-25(14-11-21)19(27)9-12-26-20(28)17-3-1-2-4-18(17)23-24-26/h1-8,29H,9-14H2. The van der Waals surface area contributed by atoms with Gasteiger partial charge in [-0.25, -0.2) is 4.68 Å². The molecule has 0 saturated carbocycles. The Morgan fingerprint density at radius 1 is 1.10 bits per heavy atom. The highest BCUT2D eigenvalue weighted by Gasteiger charge is 2.35. The fourth-order valence-electron chi connectivity index (χ4n) is 3.70. The summed E-state index contributed by atoms with van der Waals surface area (Å²) < 4.78 is 1.23. The zero-order valence-corrected chi connectivity index (χ0v) is 16.5. The van der Waals surface area contributed by atoms with Crippen LogP contribution in [0.15, 0.2) is 53.3 Å². The molecule has 8 heteroatoms. The molecule has 0 bridgehead atoms.